The molecule has 2 unspecified atom stereocenters. The molecule has 2 aromatic heterocycles. The van der Waals surface area contributed by atoms with Gasteiger partial charge in [-0.2, -0.15) is 9.78 Å². The molecule has 5 heteroatoms. The Kier molecular flexibility index (Phi) is 2.75. The van der Waals surface area contributed by atoms with Crippen LogP contribution >= 0.6 is 22.9 Å². The van der Waals surface area contributed by atoms with Crippen LogP contribution < -0.4 is 0 Å². The SMILES string of the molecule is Cc1nn(C(=O)c2sc3ccccc3c2Cl)c2c1C1C(C2)C1(C)C. The molecule has 5 rings (SSSR count). The largest absolute Gasteiger partial charge is 0.290 e. The molecular weight excluding hydrogens is 340 g/mol. The fourth-order valence-electron chi connectivity index (χ4n) is 4.51. The first-order valence-corrected chi connectivity index (χ1v) is 9.41. The van der Waals surface area contributed by atoms with Crippen LogP contribution in [0.4, 0.5) is 0 Å². The Labute approximate surface area is 149 Å². The molecule has 0 bridgehead atoms. The Hall–Kier alpha value is -1.65. The van der Waals surface area contributed by atoms with Gasteiger partial charge in [0, 0.05) is 15.6 Å². The Morgan fingerprint density at radius 3 is 2.88 bits per heavy atom. The number of aromatic nitrogens is 2. The van der Waals surface area contributed by atoms with Crippen LogP contribution in [-0.4, -0.2) is 15.7 Å². The molecule has 24 heavy (non-hydrogen) atoms. The van der Waals surface area contributed by atoms with Crippen molar-refractivity contribution >= 4 is 38.9 Å². The Balaban J connectivity index is 1.63. The van der Waals surface area contributed by atoms with E-state index >= 15 is 0 Å². The zero-order chi connectivity index (χ0) is 16.8. The number of carbonyl (C=O) groups excluding carboxylic acids is 1. The van der Waals surface area contributed by atoms with Crippen molar-refractivity contribution in [1.29, 1.82) is 0 Å². The maximum Gasteiger partial charge on any atom is 0.290 e. The van der Waals surface area contributed by atoms with Gasteiger partial charge in [0.15, 0.2) is 0 Å². The highest BCUT2D eigenvalue weighted by molar-refractivity contribution is 7.21. The Morgan fingerprint density at radius 1 is 1.38 bits per heavy atom. The summed E-state index contributed by atoms with van der Waals surface area (Å²) in [6.45, 7) is 6.64. The highest BCUT2D eigenvalue weighted by Gasteiger charge is 2.64. The third-order valence-corrected chi connectivity index (χ3v) is 7.57. The van der Waals surface area contributed by atoms with Crippen LogP contribution in [0.25, 0.3) is 10.1 Å². The molecule has 0 N–H and O–H groups in total. The lowest BCUT2D eigenvalue weighted by Crippen LogP contribution is -2.17. The summed E-state index contributed by atoms with van der Waals surface area (Å²) in [6, 6.07) is 7.87. The van der Waals surface area contributed by atoms with Gasteiger partial charge in [-0.05, 0) is 36.7 Å². The summed E-state index contributed by atoms with van der Waals surface area (Å²) >= 11 is 7.94. The maximum absolute atomic E-state index is 13.1. The van der Waals surface area contributed by atoms with Crippen molar-refractivity contribution in [2.45, 2.75) is 33.1 Å². The Bertz CT molecular complexity index is 1030. The first-order valence-electron chi connectivity index (χ1n) is 8.21. The summed E-state index contributed by atoms with van der Waals surface area (Å²) in [5.41, 5.74) is 3.74. The standard InChI is InChI=1S/C19H17ClN2OS/c1-9-14-12(8-11-15(14)19(11,2)3)22(21-9)18(23)17-16(20)10-6-4-5-7-13(10)24-17/h4-7,11,15H,8H2,1-3H3. The van der Waals surface area contributed by atoms with Crippen molar-refractivity contribution in [3.8, 4) is 0 Å². The number of aryl methyl sites for hydroxylation is 1. The third-order valence-electron chi connectivity index (χ3n) is 5.90. The number of carbonyl (C=O) groups is 1. The maximum atomic E-state index is 13.1. The number of nitrogens with zero attached hydrogens (tertiary/aromatic N) is 2. The molecular formula is C19H17ClN2OS. The first kappa shape index (κ1) is 14.7. The number of thiophene rings is 1. The number of halogens is 1. The molecule has 1 fully saturated rings. The van der Waals surface area contributed by atoms with Crippen molar-refractivity contribution in [2.75, 3.05) is 0 Å². The van der Waals surface area contributed by atoms with E-state index in [2.05, 4.69) is 18.9 Å². The molecule has 1 saturated carbocycles. The molecule has 0 aliphatic heterocycles. The molecule has 0 amide bonds. The topological polar surface area (TPSA) is 34.9 Å². The highest BCUT2D eigenvalue weighted by Crippen LogP contribution is 2.70. The van der Waals surface area contributed by atoms with Crippen LogP contribution in [0, 0.1) is 18.3 Å². The smallest absolute Gasteiger partial charge is 0.266 e. The predicted octanol–water partition coefficient (Wildman–Crippen LogP) is 5.04. The van der Waals surface area contributed by atoms with Crippen molar-refractivity contribution in [1.82, 2.24) is 9.78 Å². The van der Waals surface area contributed by atoms with Gasteiger partial charge in [-0.3, -0.25) is 4.79 Å². The van der Waals surface area contributed by atoms with E-state index < -0.39 is 0 Å². The quantitative estimate of drug-likeness (QED) is 0.612. The average Bonchev–Trinajstić information content (AvgIpc) is 2.99. The lowest BCUT2D eigenvalue weighted by molar-refractivity contribution is 0.0945. The molecule has 2 atom stereocenters. The van der Waals surface area contributed by atoms with Crippen LogP contribution in [0.15, 0.2) is 24.3 Å². The van der Waals surface area contributed by atoms with Crippen LogP contribution in [0.5, 0.6) is 0 Å². The van der Waals surface area contributed by atoms with Crippen LogP contribution in [0.3, 0.4) is 0 Å². The predicted molar refractivity (Wildman–Crippen MR) is 97.2 cm³/mol. The fourth-order valence-corrected chi connectivity index (χ4v) is 5.95. The van der Waals surface area contributed by atoms with E-state index in [-0.39, 0.29) is 5.91 Å². The number of fused-ring (bicyclic) bond motifs is 4. The summed E-state index contributed by atoms with van der Waals surface area (Å²) in [7, 11) is 0. The molecule has 0 saturated heterocycles. The van der Waals surface area contributed by atoms with Gasteiger partial charge in [0.1, 0.15) is 4.88 Å². The number of rotatable bonds is 1. The monoisotopic (exact) mass is 356 g/mol. The van der Waals surface area contributed by atoms with E-state index in [1.165, 1.54) is 16.9 Å². The van der Waals surface area contributed by atoms with Gasteiger partial charge >= 0.3 is 0 Å². The van der Waals surface area contributed by atoms with E-state index in [0.717, 1.165) is 27.9 Å². The van der Waals surface area contributed by atoms with Gasteiger partial charge < -0.3 is 0 Å². The highest BCUT2D eigenvalue weighted by atomic mass is 35.5. The average molecular weight is 357 g/mol. The van der Waals surface area contributed by atoms with Gasteiger partial charge in [0.2, 0.25) is 0 Å². The van der Waals surface area contributed by atoms with E-state index in [1.807, 2.05) is 31.2 Å². The summed E-state index contributed by atoms with van der Waals surface area (Å²) in [4.78, 5) is 13.7. The molecule has 3 nitrogen and oxygen atoms in total. The molecule has 2 heterocycles. The lowest BCUT2D eigenvalue weighted by atomic mass is 9.98. The minimum absolute atomic E-state index is 0.0929. The number of benzene rings is 1. The van der Waals surface area contributed by atoms with E-state index in [9.17, 15) is 4.79 Å². The summed E-state index contributed by atoms with van der Waals surface area (Å²) in [5.74, 6) is 1.12. The summed E-state index contributed by atoms with van der Waals surface area (Å²) < 4.78 is 2.65. The van der Waals surface area contributed by atoms with Crippen LogP contribution in [0.2, 0.25) is 5.02 Å². The normalized spacial score (nSPS) is 23.3. The molecule has 1 aromatic carbocycles. The van der Waals surface area contributed by atoms with Gasteiger partial charge in [0.05, 0.1) is 16.4 Å². The van der Waals surface area contributed by atoms with E-state index in [0.29, 0.717) is 27.2 Å². The molecule has 2 aliphatic rings. The first-order chi connectivity index (χ1) is 11.4. The molecule has 0 spiro atoms. The van der Waals surface area contributed by atoms with Gasteiger partial charge in [-0.1, -0.05) is 43.6 Å². The van der Waals surface area contributed by atoms with Crippen molar-refractivity contribution in [2.24, 2.45) is 11.3 Å². The van der Waals surface area contributed by atoms with Crippen LogP contribution in [-0.2, 0) is 6.42 Å². The van der Waals surface area contributed by atoms with Crippen molar-refractivity contribution in [3.05, 3.63) is 51.1 Å². The second-order valence-corrected chi connectivity index (χ2v) is 8.94. The molecule has 2 aliphatic carbocycles. The number of hydrogen-bond donors (Lipinski definition) is 0. The van der Waals surface area contributed by atoms with E-state index in [4.69, 9.17) is 11.6 Å². The Morgan fingerprint density at radius 2 is 2.12 bits per heavy atom. The van der Waals surface area contributed by atoms with Gasteiger partial charge in [-0.15, -0.1) is 11.3 Å². The minimum Gasteiger partial charge on any atom is -0.266 e. The lowest BCUT2D eigenvalue weighted by Gasteiger charge is -2.09. The zero-order valence-electron chi connectivity index (χ0n) is 13.8. The summed E-state index contributed by atoms with van der Waals surface area (Å²) in [5, 5.41) is 6.07. The zero-order valence-corrected chi connectivity index (χ0v) is 15.3. The van der Waals surface area contributed by atoms with Crippen molar-refractivity contribution < 1.29 is 4.79 Å². The molecule has 0 radical (unpaired) electrons. The van der Waals surface area contributed by atoms with Crippen molar-refractivity contribution in [3.63, 3.8) is 0 Å². The van der Waals surface area contributed by atoms with E-state index in [1.54, 1.807) is 4.68 Å². The minimum atomic E-state index is -0.0929. The fraction of sp³-hybridized carbons (Fsp3) is 0.368. The van der Waals surface area contributed by atoms with Crippen LogP contribution in [0.1, 0.15) is 46.4 Å². The van der Waals surface area contributed by atoms with Gasteiger partial charge in [-0.25, -0.2) is 0 Å². The second-order valence-electron chi connectivity index (χ2n) is 7.51. The molecule has 122 valence electrons. The third kappa shape index (κ3) is 1.68. The molecule has 3 aromatic rings. The number of hydrogen-bond acceptors (Lipinski definition) is 3. The second kappa shape index (κ2) is 4.50. The van der Waals surface area contributed by atoms with Gasteiger partial charge in [0.25, 0.3) is 5.91 Å². The summed E-state index contributed by atoms with van der Waals surface area (Å²) in [6.07, 6.45) is 0.947.